The highest BCUT2D eigenvalue weighted by Crippen LogP contribution is 2.37. The molecule has 27 heavy (non-hydrogen) atoms. The van der Waals surface area contributed by atoms with Crippen molar-refractivity contribution >= 4 is 34.1 Å². The number of nitrogens with one attached hydrogen (secondary N) is 3. The molecular weight excluding hydrogens is 366 g/mol. The summed E-state index contributed by atoms with van der Waals surface area (Å²) in [6.07, 6.45) is 7.18. The Kier molecular flexibility index (Phi) is 6.49. The summed E-state index contributed by atoms with van der Waals surface area (Å²) in [6, 6.07) is 0.322. The first-order valence-corrected chi connectivity index (χ1v) is 10.4. The number of fused-ring (bicyclic) bond motifs is 1. The van der Waals surface area contributed by atoms with Crippen LogP contribution in [0.3, 0.4) is 0 Å². The van der Waals surface area contributed by atoms with Crippen molar-refractivity contribution in [1.29, 1.82) is 0 Å². The van der Waals surface area contributed by atoms with Crippen LogP contribution >= 0.6 is 11.3 Å². The maximum Gasteiger partial charge on any atom is 0.341 e. The van der Waals surface area contributed by atoms with Gasteiger partial charge in [0.05, 0.1) is 19.7 Å². The summed E-state index contributed by atoms with van der Waals surface area (Å²) in [5.41, 5.74) is 1.54. The summed E-state index contributed by atoms with van der Waals surface area (Å²) < 4.78 is 4.96. The number of carbonyl (C=O) groups is 3. The van der Waals surface area contributed by atoms with E-state index in [1.165, 1.54) is 23.3 Å². The highest BCUT2D eigenvalue weighted by molar-refractivity contribution is 7.17. The van der Waals surface area contributed by atoms with Crippen LogP contribution in [0.4, 0.5) is 5.00 Å². The second-order valence-electron chi connectivity index (χ2n) is 7.46. The number of aryl methyl sites for hydroxylation is 1. The van der Waals surface area contributed by atoms with E-state index in [0.717, 1.165) is 55.4 Å². The number of quaternary nitrogens is 1. The van der Waals surface area contributed by atoms with E-state index >= 15 is 0 Å². The molecule has 1 heterocycles. The molecule has 1 aromatic rings. The summed E-state index contributed by atoms with van der Waals surface area (Å²) >= 11 is 1.48. The van der Waals surface area contributed by atoms with Crippen LogP contribution < -0.4 is 15.5 Å². The molecule has 1 aromatic heterocycles. The molecular formula is C19H28N3O4S+. The largest absolute Gasteiger partial charge is 0.465 e. The zero-order chi connectivity index (χ0) is 19.4. The fourth-order valence-electron chi connectivity index (χ4n) is 3.44. The van der Waals surface area contributed by atoms with Crippen molar-refractivity contribution in [2.75, 3.05) is 32.6 Å². The first-order chi connectivity index (χ1) is 13.0. The van der Waals surface area contributed by atoms with Gasteiger partial charge in [0, 0.05) is 10.9 Å². The van der Waals surface area contributed by atoms with Crippen molar-refractivity contribution < 1.29 is 24.0 Å². The van der Waals surface area contributed by atoms with E-state index in [1.54, 1.807) is 0 Å². The van der Waals surface area contributed by atoms with Crippen molar-refractivity contribution in [3.8, 4) is 0 Å². The second-order valence-corrected chi connectivity index (χ2v) is 8.57. The zero-order valence-electron chi connectivity index (χ0n) is 16.0. The lowest BCUT2D eigenvalue weighted by Crippen LogP contribution is -3.11. The minimum atomic E-state index is -0.394. The Morgan fingerprint density at radius 2 is 1.81 bits per heavy atom. The van der Waals surface area contributed by atoms with E-state index in [-0.39, 0.29) is 24.9 Å². The van der Waals surface area contributed by atoms with Gasteiger partial charge in [-0.1, -0.05) is 6.42 Å². The van der Waals surface area contributed by atoms with Crippen molar-refractivity contribution in [2.24, 2.45) is 0 Å². The molecule has 2 amide bonds. The van der Waals surface area contributed by atoms with E-state index < -0.39 is 5.97 Å². The Bertz CT molecular complexity index is 727. The molecule has 0 aliphatic heterocycles. The van der Waals surface area contributed by atoms with E-state index in [4.69, 9.17) is 4.74 Å². The fourth-order valence-corrected chi connectivity index (χ4v) is 4.73. The average Bonchev–Trinajstić information content (AvgIpc) is 3.39. The van der Waals surface area contributed by atoms with Crippen LogP contribution in [-0.2, 0) is 27.2 Å². The molecule has 148 valence electrons. The SMILES string of the molecule is COC(=O)c1c(NC(=O)C[NH+](C)CC(=O)NC2CC2)sc2c1CCCCC2. The summed E-state index contributed by atoms with van der Waals surface area (Å²) in [7, 11) is 3.18. The fraction of sp³-hybridized carbons (Fsp3) is 0.632. The highest BCUT2D eigenvalue weighted by atomic mass is 32.1. The summed E-state index contributed by atoms with van der Waals surface area (Å²) in [5.74, 6) is -0.622. The van der Waals surface area contributed by atoms with Gasteiger partial charge in [-0.15, -0.1) is 11.3 Å². The molecule has 1 atom stereocenters. The molecule has 0 bridgehead atoms. The third kappa shape index (κ3) is 5.29. The van der Waals surface area contributed by atoms with Gasteiger partial charge >= 0.3 is 5.97 Å². The van der Waals surface area contributed by atoms with E-state index in [9.17, 15) is 14.4 Å². The predicted octanol–water partition coefficient (Wildman–Crippen LogP) is 0.535. The molecule has 1 saturated carbocycles. The second kappa shape index (κ2) is 8.84. The van der Waals surface area contributed by atoms with Gasteiger partial charge in [-0.25, -0.2) is 4.79 Å². The number of thiophene rings is 1. The van der Waals surface area contributed by atoms with Crippen molar-refractivity contribution in [1.82, 2.24) is 5.32 Å². The Hall–Kier alpha value is -1.93. The topological polar surface area (TPSA) is 88.9 Å². The third-order valence-electron chi connectivity index (χ3n) is 4.93. The van der Waals surface area contributed by atoms with E-state index in [1.807, 2.05) is 7.05 Å². The van der Waals surface area contributed by atoms with Gasteiger partial charge in [0.1, 0.15) is 5.00 Å². The molecule has 3 rings (SSSR count). The zero-order valence-corrected chi connectivity index (χ0v) is 16.8. The van der Waals surface area contributed by atoms with Gasteiger partial charge in [0.25, 0.3) is 11.8 Å². The number of hydrogen-bond acceptors (Lipinski definition) is 5. The quantitative estimate of drug-likeness (QED) is 0.465. The molecule has 3 N–H and O–H groups in total. The molecule has 0 spiro atoms. The van der Waals surface area contributed by atoms with Crippen LogP contribution in [0, 0.1) is 0 Å². The molecule has 0 aromatic carbocycles. The normalized spacial score (nSPS) is 17.4. The molecule has 2 aliphatic carbocycles. The van der Waals surface area contributed by atoms with Crippen LogP contribution in [0.2, 0.25) is 0 Å². The first kappa shape index (κ1) is 19.8. The molecule has 1 unspecified atom stereocenters. The van der Waals surface area contributed by atoms with Gasteiger partial charge in [-0.3, -0.25) is 9.59 Å². The van der Waals surface area contributed by atoms with Gasteiger partial charge in [0.2, 0.25) is 0 Å². The van der Waals surface area contributed by atoms with Gasteiger partial charge < -0.3 is 20.3 Å². The van der Waals surface area contributed by atoms with Crippen LogP contribution in [-0.4, -0.2) is 51.1 Å². The first-order valence-electron chi connectivity index (χ1n) is 9.61. The van der Waals surface area contributed by atoms with Crippen LogP contribution in [0.1, 0.15) is 52.9 Å². The van der Waals surface area contributed by atoms with Crippen LogP contribution in [0.25, 0.3) is 0 Å². The standard InChI is InChI=1S/C19H27N3O4S/c1-22(10-15(23)20-12-8-9-12)11-16(24)21-18-17(19(25)26-2)13-6-4-3-5-7-14(13)27-18/h12H,3-11H2,1-2H3,(H,20,23)(H,21,24)/p+1. The minimum absolute atomic E-state index is 0.0270. The van der Waals surface area contributed by atoms with Crippen molar-refractivity contribution in [2.45, 2.75) is 51.0 Å². The number of ether oxygens (including phenoxy) is 1. The third-order valence-corrected chi connectivity index (χ3v) is 6.14. The molecule has 2 aliphatic rings. The van der Waals surface area contributed by atoms with Gasteiger partial charge in [-0.2, -0.15) is 0 Å². The van der Waals surface area contributed by atoms with Crippen molar-refractivity contribution in [3.05, 3.63) is 16.0 Å². The maximum atomic E-state index is 12.5. The summed E-state index contributed by atoms with van der Waals surface area (Å²) in [5, 5.41) is 6.39. The number of anilines is 1. The molecule has 7 nitrogen and oxygen atoms in total. The van der Waals surface area contributed by atoms with E-state index in [0.29, 0.717) is 16.6 Å². The lowest BCUT2D eigenvalue weighted by molar-refractivity contribution is -0.862. The number of esters is 1. The molecule has 1 fully saturated rings. The number of amides is 2. The van der Waals surface area contributed by atoms with Gasteiger partial charge in [0.15, 0.2) is 13.1 Å². The lowest BCUT2D eigenvalue weighted by atomic mass is 10.1. The molecule has 8 heteroatoms. The summed E-state index contributed by atoms with van der Waals surface area (Å²) in [4.78, 5) is 38.6. The number of methoxy groups -OCH3 is 1. The Morgan fingerprint density at radius 3 is 2.52 bits per heavy atom. The highest BCUT2D eigenvalue weighted by Gasteiger charge is 2.28. The van der Waals surface area contributed by atoms with Crippen molar-refractivity contribution in [3.63, 3.8) is 0 Å². The number of likely N-dealkylation sites (N-methyl/N-ethyl adjacent to an activating group) is 1. The average molecular weight is 395 g/mol. The summed E-state index contributed by atoms with van der Waals surface area (Å²) in [6.45, 7) is 0.427. The van der Waals surface area contributed by atoms with Gasteiger partial charge in [-0.05, 0) is 44.1 Å². The Balaban J connectivity index is 1.64. The molecule has 0 saturated heterocycles. The Morgan fingerprint density at radius 1 is 1.11 bits per heavy atom. The number of carbonyl (C=O) groups excluding carboxylic acids is 3. The smallest absolute Gasteiger partial charge is 0.341 e. The van der Waals surface area contributed by atoms with Crippen LogP contribution in [0.5, 0.6) is 0 Å². The lowest BCUT2D eigenvalue weighted by Gasteiger charge is -2.13. The number of hydrogen-bond donors (Lipinski definition) is 3. The maximum absolute atomic E-state index is 12.5. The minimum Gasteiger partial charge on any atom is -0.465 e. The van der Waals surface area contributed by atoms with E-state index in [2.05, 4.69) is 10.6 Å². The van der Waals surface area contributed by atoms with Crippen LogP contribution in [0.15, 0.2) is 0 Å². The Labute approximate surface area is 163 Å². The number of rotatable bonds is 7. The monoisotopic (exact) mass is 394 g/mol. The predicted molar refractivity (Wildman–Crippen MR) is 103 cm³/mol. The molecule has 0 radical (unpaired) electrons.